The highest BCUT2D eigenvalue weighted by Gasteiger charge is 2.43. The lowest BCUT2D eigenvalue weighted by molar-refractivity contribution is -0.0769. The Bertz CT molecular complexity index is 499. The normalized spacial score (nSPS) is 27.6. The lowest BCUT2D eigenvalue weighted by atomic mass is 9.73. The van der Waals surface area contributed by atoms with Crippen LogP contribution in [-0.2, 0) is 4.74 Å². The lowest BCUT2D eigenvalue weighted by Gasteiger charge is -2.44. The SMILES string of the molecule is COC1(C(NN)c2ccc(C)c(F)c2F)CCC(C)CC1. The van der Waals surface area contributed by atoms with Gasteiger partial charge in [0.2, 0.25) is 0 Å². The van der Waals surface area contributed by atoms with E-state index >= 15 is 0 Å². The number of nitrogens with one attached hydrogen (secondary N) is 1. The number of rotatable bonds is 4. The highest BCUT2D eigenvalue weighted by atomic mass is 19.2. The third kappa shape index (κ3) is 2.96. The maximum atomic E-state index is 14.3. The molecule has 21 heavy (non-hydrogen) atoms. The van der Waals surface area contributed by atoms with Gasteiger partial charge in [-0.05, 0) is 44.1 Å². The number of methoxy groups -OCH3 is 1. The summed E-state index contributed by atoms with van der Waals surface area (Å²) in [6, 6.07) is 2.61. The molecule has 0 bridgehead atoms. The van der Waals surface area contributed by atoms with Gasteiger partial charge in [0.25, 0.3) is 0 Å². The predicted octanol–water partition coefficient (Wildman–Crippen LogP) is 3.37. The molecular weight excluding hydrogens is 274 g/mol. The molecule has 5 heteroatoms. The number of aryl methyl sites for hydroxylation is 1. The Hall–Kier alpha value is -1.04. The van der Waals surface area contributed by atoms with E-state index in [1.807, 2.05) is 0 Å². The van der Waals surface area contributed by atoms with Gasteiger partial charge in [-0.15, -0.1) is 0 Å². The standard InChI is InChI=1S/C16H24F2N2O/c1-10-6-8-16(21-3,9-7-10)15(20-19)12-5-4-11(2)13(17)14(12)18/h4-5,10,15,20H,6-9,19H2,1-3H3. The maximum absolute atomic E-state index is 14.3. The van der Waals surface area contributed by atoms with Gasteiger partial charge in [-0.25, -0.2) is 14.2 Å². The van der Waals surface area contributed by atoms with Crippen LogP contribution in [0.1, 0.15) is 49.8 Å². The topological polar surface area (TPSA) is 47.3 Å². The fourth-order valence-electron chi connectivity index (χ4n) is 3.27. The molecule has 1 aliphatic carbocycles. The summed E-state index contributed by atoms with van der Waals surface area (Å²) in [5, 5.41) is 0. The monoisotopic (exact) mass is 298 g/mol. The molecule has 0 radical (unpaired) electrons. The Balaban J connectivity index is 2.41. The molecule has 1 atom stereocenters. The van der Waals surface area contributed by atoms with Gasteiger partial charge < -0.3 is 4.74 Å². The maximum Gasteiger partial charge on any atom is 0.164 e. The van der Waals surface area contributed by atoms with Crippen LogP contribution in [-0.4, -0.2) is 12.7 Å². The third-order valence-electron chi connectivity index (χ3n) is 4.84. The van der Waals surface area contributed by atoms with Crippen molar-refractivity contribution in [1.82, 2.24) is 5.43 Å². The Morgan fingerprint density at radius 1 is 1.29 bits per heavy atom. The molecule has 0 aromatic heterocycles. The van der Waals surface area contributed by atoms with Crippen molar-refractivity contribution < 1.29 is 13.5 Å². The fourth-order valence-corrected chi connectivity index (χ4v) is 3.27. The molecule has 0 spiro atoms. The molecule has 1 saturated carbocycles. The Labute approximate surface area is 124 Å². The molecule has 1 fully saturated rings. The summed E-state index contributed by atoms with van der Waals surface area (Å²) in [6.45, 7) is 3.73. The average Bonchev–Trinajstić information content (AvgIpc) is 2.50. The van der Waals surface area contributed by atoms with E-state index in [9.17, 15) is 8.78 Å². The van der Waals surface area contributed by atoms with Crippen molar-refractivity contribution in [3.05, 3.63) is 34.9 Å². The molecular formula is C16H24F2N2O. The van der Waals surface area contributed by atoms with Crippen molar-refractivity contribution in [2.75, 3.05) is 7.11 Å². The third-order valence-corrected chi connectivity index (χ3v) is 4.84. The summed E-state index contributed by atoms with van der Waals surface area (Å²) < 4.78 is 33.9. The molecule has 1 aliphatic rings. The van der Waals surface area contributed by atoms with Crippen molar-refractivity contribution in [1.29, 1.82) is 0 Å². The van der Waals surface area contributed by atoms with Gasteiger partial charge in [-0.3, -0.25) is 5.84 Å². The molecule has 0 aliphatic heterocycles. The number of nitrogens with two attached hydrogens (primary N) is 1. The van der Waals surface area contributed by atoms with E-state index in [1.54, 1.807) is 26.2 Å². The fraction of sp³-hybridized carbons (Fsp3) is 0.625. The van der Waals surface area contributed by atoms with Gasteiger partial charge in [-0.2, -0.15) is 0 Å². The second-order valence-electron chi connectivity index (χ2n) is 6.15. The van der Waals surface area contributed by atoms with Crippen molar-refractivity contribution >= 4 is 0 Å². The number of hydrogen-bond donors (Lipinski definition) is 2. The van der Waals surface area contributed by atoms with Crippen LogP contribution in [0.4, 0.5) is 8.78 Å². The minimum Gasteiger partial charge on any atom is -0.376 e. The van der Waals surface area contributed by atoms with E-state index in [0.717, 1.165) is 25.7 Å². The second kappa shape index (κ2) is 6.38. The quantitative estimate of drug-likeness (QED) is 0.662. The zero-order valence-corrected chi connectivity index (χ0v) is 12.9. The highest BCUT2D eigenvalue weighted by molar-refractivity contribution is 5.30. The van der Waals surface area contributed by atoms with E-state index in [0.29, 0.717) is 5.92 Å². The first kappa shape index (κ1) is 16.3. The Kier molecular flexibility index (Phi) is 4.96. The molecule has 0 saturated heterocycles. The number of hydrogen-bond acceptors (Lipinski definition) is 3. The van der Waals surface area contributed by atoms with Crippen LogP contribution in [0.5, 0.6) is 0 Å². The van der Waals surface area contributed by atoms with Gasteiger partial charge in [0, 0.05) is 12.7 Å². The van der Waals surface area contributed by atoms with Gasteiger partial charge in [0.1, 0.15) is 0 Å². The summed E-state index contributed by atoms with van der Waals surface area (Å²) in [5.41, 5.74) is 2.58. The summed E-state index contributed by atoms with van der Waals surface area (Å²) >= 11 is 0. The van der Waals surface area contributed by atoms with Crippen molar-refractivity contribution in [2.45, 2.75) is 51.2 Å². The largest absolute Gasteiger partial charge is 0.376 e. The summed E-state index contributed by atoms with van der Waals surface area (Å²) in [4.78, 5) is 0. The van der Waals surface area contributed by atoms with E-state index in [2.05, 4.69) is 12.3 Å². The summed E-state index contributed by atoms with van der Waals surface area (Å²) in [5.74, 6) is 4.63. The molecule has 0 amide bonds. The second-order valence-corrected chi connectivity index (χ2v) is 6.15. The first-order valence-corrected chi connectivity index (χ1v) is 7.41. The lowest BCUT2D eigenvalue weighted by Crippen LogP contribution is -2.50. The molecule has 3 nitrogen and oxygen atoms in total. The number of ether oxygens (including phenoxy) is 1. The molecule has 1 aromatic rings. The van der Waals surface area contributed by atoms with E-state index in [1.165, 1.54) is 0 Å². The molecule has 3 N–H and O–H groups in total. The zero-order chi connectivity index (χ0) is 15.6. The summed E-state index contributed by atoms with van der Waals surface area (Å²) in [7, 11) is 1.61. The number of benzene rings is 1. The Morgan fingerprint density at radius 2 is 1.90 bits per heavy atom. The van der Waals surface area contributed by atoms with Crippen molar-refractivity contribution in [3.8, 4) is 0 Å². The molecule has 1 aromatic carbocycles. The number of hydrazine groups is 1. The summed E-state index contributed by atoms with van der Waals surface area (Å²) in [6.07, 6.45) is 3.52. The van der Waals surface area contributed by atoms with Crippen LogP contribution in [0, 0.1) is 24.5 Å². The number of halogens is 2. The van der Waals surface area contributed by atoms with E-state index in [-0.39, 0.29) is 11.1 Å². The van der Waals surface area contributed by atoms with Gasteiger partial charge in [0.15, 0.2) is 11.6 Å². The van der Waals surface area contributed by atoms with Crippen LogP contribution in [0.3, 0.4) is 0 Å². The zero-order valence-electron chi connectivity index (χ0n) is 12.9. The predicted molar refractivity (Wildman–Crippen MR) is 78.5 cm³/mol. The molecule has 1 unspecified atom stereocenters. The highest BCUT2D eigenvalue weighted by Crippen LogP contribution is 2.43. The Morgan fingerprint density at radius 3 is 2.43 bits per heavy atom. The minimum atomic E-state index is -0.840. The average molecular weight is 298 g/mol. The van der Waals surface area contributed by atoms with Gasteiger partial charge in [0.05, 0.1) is 11.6 Å². The van der Waals surface area contributed by atoms with Crippen LogP contribution < -0.4 is 11.3 Å². The van der Waals surface area contributed by atoms with E-state index in [4.69, 9.17) is 10.6 Å². The first-order valence-electron chi connectivity index (χ1n) is 7.41. The first-order chi connectivity index (χ1) is 9.95. The van der Waals surface area contributed by atoms with Crippen LogP contribution in [0.25, 0.3) is 0 Å². The van der Waals surface area contributed by atoms with E-state index < -0.39 is 23.3 Å². The van der Waals surface area contributed by atoms with Crippen LogP contribution in [0.15, 0.2) is 12.1 Å². The molecule has 0 heterocycles. The van der Waals surface area contributed by atoms with Crippen LogP contribution >= 0.6 is 0 Å². The van der Waals surface area contributed by atoms with Gasteiger partial charge in [-0.1, -0.05) is 19.1 Å². The van der Waals surface area contributed by atoms with Crippen LogP contribution in [0.2, 0.25) is 0 Å². The van der Waals surface area contributed by atoms with Gasteiger partial charge >= 0.3 is 0 Å². The minimum absolute atomic E-state index is 0.233. The smallest absolute Gasteiger partial charge is 0.164 e. The van der Waals surface area contributed by atoms with Crippen molar-refractivity contribution in [2.24, 2.45) is 11.8 Å². The van der Waals surface area contributed by atoms with Crippen molar-refractivity contribution in [3.63, 3.8) is 0 Å². The molecule has 118 valence electrons. The molecule has 2 rings (SSSR count).